The quantitative estimate of drug-likeness (QED) is 0.602. The van der Waals surface area contributed by atoms with Crippen LogP contribution in [0, 0.1) is 0 Å². The third kappa shape index (κ3) is 6.98. The van der Waals surface area contributed by atoms with Crippen molar-refractivity contribution in [1.29, 1.82) is 0 Å². The summed E-state index contributed by atoms with van der Waals surface area (Å²) < 4.78 is 27.1. The van der Waals surface area contributed by atoms with Gasteiger partial charge in [-0.3, -0.25) is 0 Å². The summed E-state index contributed by atoms with van der Waals surface area (Å²) in [4.78, 5) is 0. The molecule has 0 bridgehead atoms. The SMILES string of the molecule is CCS(=O)(=O)CCNCC(C)OC. The number of methoxy groups -OCH3 is 1. The Bertz CT molecular complexity index is 213. The molecule has 0 rings (SSSR count). The predicted octanol–water partition coefficient (Wildman–Crippen LogP) is 0.0456. The molecule has 0 aliphatic carbocycles. The van der Waals surface area contributed by atoms with Crippen molar-refractivity contribution >= 4 is 9.84 Å². The minimum Gasteiger partial charge on any atom is -0.380 e. The summed E-state index contributed by atoms with van der Waals surface area (Å²) in [5.74, 6) is 0.425. The monoisotopic (exact) mass is 209 g/mol. The van der Waals surface area contributed by atoms with Gasteiger partial charge in [0.15, 0.2) is 9.84 Å². The summed E-state index contributed by atoms with van der Waals surface area (Å²) in [5.41, 5.74) is 0. The normalized spacial score (nSPS) is 14.4. The van der Waals surface area contributed by atoms with Gasteiger partial charge in [0.1, 0.15) is 0 Å². The maximum atomic E-state index is 11.0. The smallest absolute Gasteiger partial charge is 0.151 e. The Morgan fingerprint density at radius 3 is 2.54 bits per heavy atom. The van der Waals surface area contributed by atoms with Crippen molar-refractivity contribution in [3.05, 3.63) is 0 Å². The summed E-state index contributed by atoms with van der Waals surface area (Å²) in [6.07, 6.45) is 0.129. The van der Waals surface area contributed by atoms with Crippen molar-refractivity contribution < 1.29 is 13.2 Å². The number of ether oxygens (including phenoxy) is 1. The number of hydrogen-bond donors (Lipinski definition) is 1. The molecule has 0 spiro atoms. The molecule has 0 heterocycles. The summed E-state index contributed by atoms with van der Waals surface area (Å²) in [6, 6.07) is 0. The lowest BCUT2D eigenvalue weighted by Gasteiger charge is -2.10. The predicted molar refractivity (Wildman–Crippen MR) is 53.7 cm³/mol. The van der Waals surface area contributed by atoms with Crippen molar-refractivity contribution in [1.82, 2.24) is 5.32 Å². The first-order valence-electron chi connectivity index (χ1n) is 4.45. The Morgan fingerprint density at radius 2 is 2.08 bits per heavy atom. The molecule has 0 saturated carbocycles. The molecule has 1 unspecified atom stereocenters. The summed E-state index contributed by atoms with van der Waals surface area (Å²) >= 11 is 0. The molecule has 0 radical (unpaired) electrons. The van der Waals surface area contributed by atoms with E-state index in [1.54, 1.807) is 14.0 Å². The van der Waals surface area contributed by atoms with Gasteiger partial charge in [0.05, 0.1) is 11.9 Å². The van der Waals surface area contributed by atoms with Crippen LogP contribution in [0.2, 0.25) is 0 Å². The average Bonchev–Trinajstić information content (AvgIpc) is 2.12. The van der Waals surface area contributed by atoms with E-state index in [1.807, 2.05) is 6.92 Å². The van der Waals surface area contributed by atoms with Crippen LogP contribution < -0.4 is 5.32 Å². The summed E-state index contributed by atoms with van der Waals surface area (Å²) in [6.45, 7) is 4.79. The Morgan fingerprint density at radius 1 is 1.46 bits per heavy atom. The van der Waals surface area contributed by atoms with Gasteiger partial charge in [-0.05, 0) is 6.92 Å². The number of sulfone groups is 1. The van der Waals surface area contributed by atoms with Crippen LogP contribution >= 0.6 is 0 Å². The zero-order valence-electron chi connectivity index (χ0n) is 8.54. The number of rotatable bonds is 7. The van der Waals surface area contributed by atoms with Gasteiger partial charge in [0.25, 0.3) is 0 Å². The maximum absolute atomic E-state index is 11.0. The first kappa shape index (κ1) is 12.9. The molecule has 1 atom stereocenters. The fourth-order valence-electron chi connectivity index (χ4n) is 0.761. The lowest BCUT2D eigenvalue weighted by Crippen LogP contribution is -2.30. The van der Waals surface area contributed by atoms with Crippen LogP contribution in [0.3, 0.4) is 0 Å². The van der Waals surface area contributed by atoms with Gasteiger partial charge in [-0.25, -0.2) is 8.42 Å². The Balaban J connectivity index is 3.47. The van der Waals surface area contributed by atoms with E-state index in [2.05, 4.69) is 5.32 Å². The van der Waals surface area contributed by atoms with Gasteiger partial charge in [-0.2, -0.15) is 0 Å². The van der Waals surface area contributed by atoms with Crippen molar-refractivity contribution in [2.75, 3.05) is 31.7 Å². The van der Waals surface area contributed by atoms with Crippen LogP contribution in [-0.4, -0.2) is 46.2 Å². The van der Waals surface area contributed by atoms with Gasteiger partial charge in [0.2, 0.25) is 0 Å². The second-order valence-corrected chi connectivity index (χ2v) is 5.46. The van der Waals surface area contributed by atoms with Crippen LogP contribution in [0.1, 0.15) is 13.8 Å². The van der Waals surface area contributed by atoms with Crippen molar-refractivity contribution in [2.24, 2.45) is 0 Å². The third-order valence-corrected chi connectivity index (χ3v) is 3.57. The molecule has 0 aliphatic heterocycles. The van der Waals surface area contributed by atoms with E-state index in [0.29, 0.717) is 13.1 Å². The Kier molecular flexibility index (Phi) is 6.28. The molecular weight excluding hydrogens is 190 g/mol. The van der Waals surface area contributed by atoms with Crippen molar-refractivity contribution in [2.45, 2.75) is 20.0 Å². The molecule has 0 aliphatic rings. The fraction of sp³-hybridized carbons (Fsp3) is 1.00. The van der Waals surface area contributed by atoms with E-state index < -0.39 is 9.84 Å². The Labute approximate surface area is 80.6 Å². The maximum Gasteiger partial charge on any atom is 0.151 e. The highest BCUT2D eigenvalue weighted by Gasteiger charge is 2.06. The molecule has 0 aromatic heterocycles. The number of hydrogen-bond acceptors (Lipinski definition) is 4. The fourth-order valence-corrected chi connectivity index (χ4v) is 1.50. The minimum absolute atomic E-state index is 0.129. The molecule has 0 saturated heterocycles. The zero-order valence-corrected chi connectivity index (χ0v) is 9.36. The van der Waals surface area contributed by atoms with Gasteiger partial charge in [-0.15, -0.1) is 0 Å². The van der Waals surface area contributed by atoms with Gasteiger partial charge in [-0.1, -0.05) is 6.92 Å². The molecule has 0 aromatic rings. The highest BCUT2D eigenvalue weighted by molar-refractivity contribution is 7.91. The van der Waals surface area contributed by atoms with E-state index in [-0.39, 0.29) is 17.6 Å². The highest BCUT2D eigenvalue weighted by Crippen LogP contribution is 1.88. The van der Waals surface area contributed by atoms with Crippen LogP contribution in [0.5, 0.6) is 0 Å². The molecular formula is C8H19NO3S. The number of nitrogens with one attached hydrogen (secondary N) is 1. The first-order chi connectivity index (χ1) is 6.02. The molecule has 80 valence electrons. The largest absolute Gasteiger partial charge is 0.380 e. The summed E-state index contributed by atoms with van der Waals surface area (Å²) in [7, 11) is -1.19. The van der Waals surface area contributed by atoms with E-state index in [9.17, 15) is 8.42 Å². The van der Waals surface area contributed by atoms with Crippen molar-refractivity contribution in [3.63, 3.8) is 0 Å². The zero-order chi connectivity index (χ0) is 10.3. The summed E-state index contributed by atoms with van der Waals surface area (Å²) in [5, 5.41) is 3.02. The lowest BCUT2D eigenvalue weighted by molar-refractivity contribution is 0.118. The average molecular weight is 209 g/mol. The third-order valence-electron chi connectivity index (χ3n) is 1.86. The van der Waals surface area contributed by atoms with Gasteiger partial charge in [0, 0.05) is 26.0 Å². The van der Waals surface area contributed by atoms with Crippen molar-refractivity contribution in [3.8, 4) is 0 Å². The van der Waals surface area contributed by atoms with Gasteiger partial charge >= 0.3 is 0 Å². The molecule has 0 aromatic carbocycles. The molecule has 0 amide bonds. The molecule has 1 N–H and O–H groups in total. The van der Waals surface area contributed by atoms with Crippen LogP contribution in [0.15, 0.2) is 0 Å². The molecule has 0 fully saturated rings. The van der Waals surface area contributed by atoms with Gasteiger partial charge < -0.3 is 10.1 Å². The molecule has 4 nitrogen and oxygen atoms in total. The van der Waals surface area contributed by atoms with E-state index in [4.69, 9.17) is 4.74 Å². The Hall–Kier alpha value is -0.130. The van der Waals surface area contributed by atoms with E-state index >= 15 is 0 Å². The first-order valence-corrected chi connectivity index (χ1v) is 6.28. The molecule has 5 heteroatoms. The standard InChI is InChI=1S/C8H19NO3S/c1-4-13(10,11)6-5-9-7-8(2)12-3/h8-9H,4-7H2,1-3H3. The van der Waals surface area contributed by atoms with Crippen LogP contribution in [0.25, 0.3) is 0 Å². The minimum atomic E-state index is -2.83. The highest BCUT2D eigenvalue weighted by atomic mass is 32.2. The lowest BCUT2D eigenvalue weighted by atomic mass is 10.4. The molecule has 13 heavy (non-hydrogen) atoms. The topological polar surface area (TPSA) is 55.4 Å². The van der Waals surface area contributed by atoms with Crippen LogP contribution in [-0.2, 0) is 14.6 Å². The van der Waals surface area contributed by atoms with Crippen LogP contribution in [0.4, 0.5) is 0 Å². The second-order valence-electron chi connectivity index (χ2n) is 2.99. The van der Waals surface area contributed by atoms with E-state index in [0.717, 1.165) is 0 Å². The van der Waals surface area contributed by atoms with E-state index in [1.165, 1.54) is 0 Å². The second kappa shape index (κ2) is 6.34.